The number of hydrogen-bond donors (Lipinski definition) is 2. The minimum atomic E-state index is -0.542. The molecule has 1 unspecified atom stereocenters. The number of carbonyl (C=O) groups excluding carboxylic acids is 1. The molecule has 1 fully saturated rings. The van der Waals surface area contributed by atoms with Crippen molar-refractivity contribution in [2.45, 2.75) is 18.9 Å². The molecule has 1 aliphatic rings. The Labute approximate surface area is 134 Å². The van der Waals surface area contributed by atoms with Crippen LogP contribution in [0.4, 0.5) is 4.79 Å². The maximum absolute atomic E-state index is 11.6. The Morgan fingerprint density at radius 2 is 1.78 bits per heavy atom. The van der Waals surface area contributed by atoms with E-state index in [1.807, 2.05) is 60.7 Å². The van der Waals surface area contributed by atoms with Crippen molar-refractivity contribution in [1.29, 1.82) is 0 Å². The number of hydrazine groups is 1. The number of amides is 1. The van der Waals surface area contributed by atoms with E-state index in [9.17, 15) is 4.79 Å². The van der Waals surface area contributed by atoms with Crippen LogP contribution < -0.4 is 15.6 Å². The van der Waals surface area contributed by atoms with Gasteiger partial charge in [-0.3, -0.25) is 5.43 Å². The fourth-order valence-corrected chi connectivity index (χ4v) is 2.04. The van der Waals surface area contributed by atoms with E-state index in [2.05, 4.69) is 10.9 Å². The van der Waals surface area contributed by atoms with Crippen LogP contribution in [0.1, 0.15) is 5.56 Å². The predicted molar refractivity (Wildman–Crippen MR) is 83.5 cm³/mol. The first-order valence-electron chi connectivity index (χ1n) is 7.37. The van der Waals surface area contributed by atoms with Crippen LogP contribution in [-0.4, -0.2) is 25.0 Å². The third kappa shape index (κ3) is 4.45. The summed E-state index contributed by atoms with van der Waals surface area (Å²) >= 11 is 0. The van der Waals surface area contributed by atoms with E-state index < -0.39 is 12.4 Å². The zero-order chi connectivity index (χ0) is 15.9. The number of hydrogen-bond acceptors (Lipinski definition) is 5. The van der Waals surface area contributed by atoms with Crippen LogP contribution in [0.3, 0.4) is 0 Å². The van der Waals surface area contributed by atoms with Crippen LogP contribution in [-0.2, 0) is 16.1 Å². The number of para-hydroxylation sites is 1. The molecule has 0 saturated carbocycles. The summed E-state index contributed by atoms with van der Waals surface area (Å²) in [5.41, 5.74) is 6.28. The SMILES string of the molecule is O=C(NNC1CO[C@H]1Oc1ccccc1)OCc1ccccc1. The maximum Gasteiger partial charge on any atom is 0.421 e. The van der Waals surface area contributed by atoms with Gasteiger partial charge < -0.3 is 14.2 Å². The summed E-state index contributed by atoms with van der Waals surface area (Å²) in [4.78, 5) is 11.6. The second-order valence-electron chi connectivity index (χ2n) is 5.07. The summed E-state index contributed by atoms with van der Waals surface area (Å²) in [6, 6.07) is 18.7. The molecule has 0 aromatic heterocycles. The molecule has 2 aromatic rings. The Morgan fingerprint density at radius 3 is 2.43 bits per heavy atom. The number of benzene rings is 2. The second-order valence-corrected chi connectivity index (χ2v) is 5.07. The van der Waals surface area contributed by atoms with Gasteiger partial charge in [-0.15, -0.1) is 0 Å². The molecule has 2 atom stereocenters. The summed E-state index contributed by atoms with van der Waals surface area (Å²) in [6.07, 6.45) is -0.981. The molecule has 1 aliphatic heterocycles. The zero-order valence-electron chi connectivity index (χ0n) is 12.5. The molecule has 2 aromatic carbocycles. The number of carbonyl (C=O) groups is 1. The smallest absolute Gasteiger partial charge is 0.421 e. The summed E-state index contributed by atoms with van der Waals surface area (Å²) in [5, 5.41) is 0. The van der Waals surface area contributed by atoms with Crippen LogP contribution in [0.25, 0.3) is 0 Å². The Kier molecular flexibility index (Phi) is 5.08. The van der Waals surface area contributed by atoms with Gasteiger partial charge in [0.1, 0.15) is 18.4 Å². The fraction of sp³-hybridized carbons (Fsp3) is 0.235. The molecule has 0 bridgehead atoms. The van der Waals surface area contributed by atoms with E-state index in [0.717, 1.165) is 11.3 Å². The van der Waals surface area contributed by atoms with Gasteiger partial charge in [0.2, 0.25) is 6.29 Å². The van der Waals surface area contributed by atoms with Crippen molar-refractivity contribution >= 4 is 6.09 Å². The van der Waals surface area contributed by atoms with Crippen LogP contribution in [0.15, 0.2) is 60.7 Å². The Balaban J connectivity index is 1.37. The van der Waals surface area contributed by atoms with Crippen molar-refractivity contribution < 1.29 is 19.0 Å². The monoisotopic (exact) mass is 314 g/mol. The number of ether oxygens (including phenoxy) is 3. The van der Waals surface area contributed by atoms with E-state index in [4.69, 9.17) is 14.2 Å². The highest BCUT2D eigenvalue weighted by Gasteiger charge is 2.34. The van der Waals surface area contributed by atoms with Gasteiger partial charge in [-0.2, -0.15) is 0 Å². The topological polar surface area (TPSA) is 68.8 Å². The normalized spacial score (nSPS) is 19.5. The summed E-state index contributed by atoms with van der Waals surface area (Å²) in [5.74, 6) is 0.718. The third-order valence-corrected chi connectivity index (χ3v) is 3.34. The lowest BCUT2D eigenvalue weighted by atomic mass is 10.2. The minimum absolute atomic E-state index is 0.125. The first kappa shape index (κ1) is 15.3. The molecule has 0 radical (unpaired) electrons. The molecule has 6 heteroatoms. The number of nitrogens with one attached hydrogen (secondary N) is 2. The van der Waals surface area contributed by atoms with Gasteiger partial charge in [0.05, 0.1) is 6.61 Å². The summed E-state index contributed by atoms with van der Waals surface area (Å²) in [7, 11) is 0. The van der Waals surface area contributed by atoms with Gasteiger partial charge in [-0.05, 0) is 17.7 Å². The predicted octanol–water partition coefficient (Wildman–Crippen LogP) is 2.22. The maximum atomic E-state index is 11.6. The summed E-state index contributed by atoms with van der Waals surface area (Å²) in [6.45, 7) is 0.677. The van der Waals surface area contributed by atoms with Crippen molar-refractivity contribution in [1.82, 2.24) is 10.9 Å². The lowest BCUT2D eigenvalue weighted by Crippen LogP contribution is -2.61. The van der Waals surface area contributed by atoms with Crippen molar-refractivity contribution in [2.24, 2.45) is 0 Å². The fourth-order valence-electron chi connectivity index (χ4n) is 2.04. The highest BCUT2D eigenvalue weighted by atomic mass is 16.7. The largest absolute Gasteiger partial charge is 0.463 e. The van der Waals surface area contributed by atoms with E-state index in [-0.39, 0.29) is 12.6 Å². The molecule has 6 nitrogen and oxygen atoms in total. The molecular formula is C17H18N2O4. The quantitative estimate of drug-likeness (QED) is 0.800. The average Bonchev–Trinajstić information content (AvgIpc) is 2.59. The zero-order valence-corrected chi connectivity index (χ0v) is 12.5. The van der Waals surface area contributed by atoms with Gasteiger partial charge in [0, 0.05) is 0 Å². The van der Waals surface area contributed by atoms with E-state index >= 15 is 0 Å². The molecule has 1 amide bonds. The highest BCUT2D eigenvalue weighted by Crippen LogP contribution is 2.18. The Morgan fingerprint density at radius 1 is 1.09 bits per heavy atom. The molecule has 23 heavy (non-hydrogen) atoms. The van der Waals surface area contributed by atoms with Gasteiger partial charge in [0.15, 0.2) is 0 Å². The molecule has 120 valence electrons. The standard InChI is InChI=1S/C17H18N2O4/c20-17(22-11-13-7-3-1-4-8-13)19-18-15-12-21-16(15)23-14-9-5-2-6-10-14/h1-10,15-16,18H,11-12H2,(H,19,20)/t15?,16-/m0/s1. The molecule has 1 heterocycles. The minimum Gasteiger partial charge on any atom is -0.463 e. The van der Waals surface area contributed by atoms with E-state index in [1.54, 1.807) is 0 Å². The molecule has 3 rings (SSSR count). The average molecular weight is 314 g/mol. The van der Waals surface area contributed by atoms with Gasteiger partial charge in [0.25, 0.3) is 0 Å². The molecule has 0 spiro atoms. The second kappa shape index (κ2) is 7.62. The first-order chi connectivity index (χ1) is 11.3. The van der Waals surface area contributed by atoms with Crippen LogP contribution in [0.2, 0.25) is 0 Å². The molecule has 1 saturated heterocycles. The van der Waals surface area contributed by atoms with Crippen molar-refractivity contribution in [2.75, 3.05) is 6.61 Å². The van der Waals surface area contributed by atoms with E-state index in [1.165, 1.54) is 0 Å². The van der Waals surface area contributed by atoms with Gasteiger partial charge >= 0.3 is 6.09 Å². The van der Waals surface area contributed by atoms with E-state index in [0.29, 0.717) is 6.61 Å². The first-order valence-corrected chi connectivity index (χ1v) is 7.37. The van der Waals surface area contributed by atoms with Crippen molar-refractivity contribution in [3.63, 3.8) is 0 Å². The van der Waals surface area contributed by atoms with Crippen LogP contribution in [0, 0.1) is 0 Å². The Bertz CT molecular complexity index is 621. The van der Waals surface area contributed by atoms with Crippen molar-refractivity contribution in [3.8, 4) is 5.75 Å². The lowest BCUT2D eigenvalue weighted by Gasteiger charge is -2.36. The van der Waals surface area contributed by atoms with Gasteiger partial charge in [-0.1, -0.05) is 48.5 Å². The van der Waals surface area contributed by atoms with Crippen molar-refractivity contribution in [3.05, 3.63) is 66.2 Å². The summed E-state index contributed by atoms with van der Waals surface area (Å²) < 4.78 is 16.1. The molecule has 0 aliphatic carbocycles. The third-order valence-electron chi connectivity index (χ3n) is 3.34. The molecule has 2 N–H and O–H groups in total. The van der Waals surface area contributed by atoms with Crippen LogP contribution in [0.5, 0.6) is 5.75 Å². The Hall–Kier alpha value is -2.57. The van der Waals surface area contributed by atoms with Gasteiger partial charge in [-0.25, -0.2) is 10.2 Å². The number of rotatable bonds is 6. The molecular weight excluding hydrogens is 296 g/mol. The lowest BCUT2D eigenvalue weighted by molar-refractivity contribution is -0.194. The highest BCUT2D eigenvalue weighted by molar-refractivity contribution is 5.66. The van der Waals surface area contributed by atoms with Crippen LogP contribution >= 0.6 is 0 Å².